The Balaban J connectivity index is 1.75. The van der Waals surface area contributed by atoms with E-state index in [1.54, 1.807) is 12.2 Å². The van der Waals surface area contributed by atoms with E-state index in [0.29, 0.717) is 24.5 Å². The molecule has 0 N–H and O–H groups in total. The molecule has 0 aromatic heterocycles. The van der Waals surface area contributed by atoms with Crippen LogP contribution in [0.1, 0.15) is 66.2 Å². The highest BCUT2D eigenvalue weighted by Crippen LogP contribution is 2.69. The van der Waals surface area contributed by atoms with E-state index in [2.05, 4.69) is 13.8 Å². The van der Waals surface area contributed by atoms with Crippen LogP contribution in [0.15, 0.2) is 23.8 Å². The van der Waals surface area contributed by atoms with Crippen molar-refractivity contribution in [2.24, 2.45) is 34.5 Å². The van der Waals surface area contributed by atoms with Crippen molar-refractivity contribution in [3.8, 4) is 0 Å². The Morgan fingerprint density at radius 1 is 1.27 bits per heavy atom. The fourth-order valence-electron chi connectivity index (χ4n) is 7.36. The van der Waals surface area contributed by atoms with Crippen LogP contribution in [0.3, 0.4) is 0 Å². The van der Waals surface area contributed by atoms with E-state index in [1.807, 2.05) is 19.9 Å². The van der Waals surface area contributed by atoms with Gasteiger partial charge < -0.3 is 0 Å². The number of alkyl halides is 1. The van der Waals surface area contributed by atoms with Gasteiger partial charge in [0.1, 0.15) is 11.5 Å². The maximum absolute atomic E-state index is 16.7. The molecule has 142 valence electrons. The first kappa shape index (κ1) is 18.1. The van der Waals surface area contributed by atoms with Gasteiger partial charge in [0.2, 0.25) is 0 Å². The second kappa shape index (κ2) is 5.62. The minimum atomic E-state index is -1.30. The number of carbonyl (C=O) groups is 2. The number of fused-ring (bicyclic) bond motifs is 5. The van der Waals surface area contributed by atoms with Crippen molar-refractivity contribution in [2.45, 2.75) is 71.9 Å². The molecule has 26 heavy (non-hydrogen) atoms. The van der Waals surface area contributed by atoms with E-state index >= 15 is 4.39 Å². The molecule has 0 aromatic rings. The Bertz CT molecular complexity index is 722. The molecule has 2 nitrogen and oxygen atoms in total. The summed E-state index contributed by atoms with van der Waals surface area (Å²) in [5.74, 6) is 1.02. The van der Waals surface area contributed by atoms with Crippen molar-refractivity contribution < 1.29 is 14.0 Å². The van der Waals surface area contributed by atoms with E-state index in [1.165, 1.54) is 0 Å². The van der Waals surface area contributed by atoms with Crippen molar-refractivity contribution in [1.29, 1.82) is 0 Å². The zero-order chi connectivity index (χ0) is 18.9. The molecule has 4 aliphatic rings. The second-order valence-electron chi connectivity index (χ2n) is 9.74. The highest BCUT2D eigenvalue weighted by molar-refractivity contribution is 6.01. The summed E-state index contributed by atoms with van der Waals surface area (Å²) in [5, 5.41) is 0. The number of hydrogen-bond donors (Lipinski definition) is 0. The summed E-state index contributed by atoms with van der Waals surface area (Å²) in [5.41, 5.74) is -1.07. The van der Waals surface area contributed by atoms with Crippen molar-refractivity contribution in [3.63, 3.8) is 0 Å². The normalized spacial score (nSPS) is 49.9. The molecular formula is C23H31FO2. The Hall–Kier alpha value is -1.25. The predicted molar refractivity (Wildman–Crippen MR) is 100 cm³/mol. The van der Waals surface area contributed by atoms with Crippen LogP contribution in [0.5, 0.6) is 0 Å². The first-order chi connectivity index (χ1) is 12.2. The van der Waals surface area contributed by atoms with Crippen molar-refractivity contribution >= 4 is 11.6 Å². The third-order valence-electron chi connectivity index (χ3n) is 8.70. The molecule has 0 aromatic carbocycles. The van der Waals surface area contributed by atoms with Gasteiger partial charge in [0, 0.05) is 17.8 Å². The Labute approximate surface area is 156 Å². The van der Waals surface area contributed by atoms with Crippen LogP contribution in [0, 0.1) is 34.5 Å². The largest absolute Gasteiger partial charge is 0.299 e. The molecule has 0 heterocycles. The van der Waals surface area contributed by atoms with Crippen LogP contribution >= 0.6 is 0 Å². The molecule has 3 heteroatoms. The molecule has 4 aliphatic carbocycles. The highest BCUT2D eigenvalue weighted by Gasteiger charge is 2.68. The third-order valence-corrected chi connectivity index (χ3v) is 8.70. The molecule has 0 spiro atoms. The van der Waals surface area contributed by atoms with E-state index in [0.717, 1.165) is 31.3 Å². The lowest BCUT2D eigenvalue weighted by atomic mass is 9.46. The van der Waals surface area contributed by atoms with E-state index in [-0.39, 0.29) is 29.0 Å². The lowest BCUT2D eigenvalue weighted by molar-refractivity contribution is -0.142. The fourth-order valence-corrected chi connectivity index (χ4v) is 7.36. The fraction of sp³-hybridized carbons (Fsp3) is 0.739. The minimum Gasteiger partial charge on any atom is -0.299 e. The van der Waals surface area contributed by atoms with Crippen molar-refractivity contribution in [2.75, 3.05) is 0 Å². The van der Waals surface area contributed by atoms with E-state index in [4.69, 9.17) is 0 Å². The zero-order valence-electron chi connectivity index (χ0n) is 16.5. The first-order valence-corrected chi connectivity index (χ1v) is 10.3. The van der Waals surface area contributed by atoms with Gasteiger partial charge in [-0.3, -0.25) is 9.59 Å². The molecule has 0 bridgehead atoms. The zero-order valence-corrected chi connectivity index (χ0v) is 16.5. The lowest BCUT2D eigenvalue weighted by Crippen LogP contribution is -2.60. The molecule has 4 rings (SSSR count). The molecular weight excluding hydrogens is 327 g/mol. The van der Waals surface area contributed by atoms with Gasteiger partial charge in [-0.15, -0.1) is 0 Å². The van der Waals surface area contributed by atoms with Gasteiger partial charge in [0.25, 0.3) is 0 Å². The van der Waals surface area contributed by atoms with Crippen LogP contribution in [0.4, 0.5) is 4.39 Å². The molecule has 0 aliphatic heterocycles. The van der Waals surface area contributed by atoms with Crippen molar-refractivity contribution in [3.05, 3.63) is 23.8 Å². The van der Waals surface area contributed by atoms with Crippen LogP contribution in [-0.4, -0.2) is 17.2 Å². The lowest BCUT2D eigenvalue weighted by Gasteiger charge is -2.60. The van der Waals surface area contributed by atoms with Crippen LogP contribution < -0.4 is 0 Å². The Morgan fingerprint density at radius 2 is 2.00 bits per heavy atom. The Kier molecular flexibility index (Phi) is 3.92. The quantitative estimate of drug-likeness (QED) is 0.677. The minimum absolute atomic E-state index is 0.0109. The van der Waals surface area contributed by atoms with Gasteiger partial charge in [-0.2, -0.15) is 0 Å². The summed E-state index contributed by atoms with van der Waals surface area (Å²) in [6, 6.07) is 0. The average Bonchev–Trinajstić information content (AvgIpc) is 2.86. The van der Waals surface area contributed by atoms with Gasteiger partial charge in [0.05, 0.1) is 0 Å². The van der Waals surface area contributed by atoms with Crippen LogP contribution in [-0.2, 0) is 9.59 Å². The van der Waals surface area contributed by atoms with Gasteiger partial charge in [-0.25, -0.2) is 4.39 Å². The first-order valence-electron chi connectivity index (χ1n) is 10.3. The molecule has 1 unspecified atom stereocenters. The highest BCUT2D eigenvalue weighted by atomic mass is 19.1. The number of hydrogen-bond acceptors (Lipinski definition) is 2. The van der Waals surface area contributed by atoms with Gasteiger partial charge in [0.15, 0.2) is 5.78 Å². The number of Topliss-reactive ketones (excluding diaryl/α,β-unsaturated/α-hetero) is 1. The summed E-state index contributed by atoms with van der Waals surface area (Å²) in [7, 11) is 0. The molecule has 0 radical (unpaired) electrons. The number of rotatable bonds is 2. The molecule has 0 saturated heterocycles. The van der Waals surface area contributed by atoms with Crippen LogP contribution in [0.2, 0.25) is 0 Å². The Morgan fingerprint density at radius 3 is 2.69 bits per heavy atom. The molecule has 3 saturated carbocycles. The number of halogens is 1. The average molecular weight is 358 g/mol. The topological polar surface area (TPSA) is 34.1 Å². The van der Waals surface area contributed by atoms with E-state index < -0.39 is 11.1 Å². The number of allylic oxidation sites excluding steroid dienone is 4. The van der Waals surface area contributed by atoms with Crippen LogP contribution in [0.25, 0.3) is 0 Å². The maximum atomic E-state index is 16.7. The third kappa shape index (κ3) is 2.09. The molecule has 3 fully saturated rings. The van der Waals surface area contributed by atoms with Gasteiger partial charge >= 0.3 is 0 Å². The van der Waals surface area contributed by atoms with Gasteiger partial charge in [-0.05, 0) is 74.3 Å². The summed E-state index contributed by atoms with van der Waals surface area (Å²) < 4.78 is 16.7. The smallest absolute Gasteiger partial charge is 0.178 e. The summed E-state index contributed by atoms with van der Waals surface area (Å²) in [4.78, 5) is 24.5. The van der Waals surface area contributed by atoms with Crippen molar-refractivity contribution in [1.82, 2.24) is 0 Å². The molecule has 7 atom stereocenters. The SMILES string of the molecule is CCC(=O)C1[C@H](C)C[C@H]2[C@@H]3CCC4=CC(=O)C=C[C@]4(C)[C@@]3(F)CC[C@]12C. The summed E-state index contributed by atoms with van der Waals surface area (Å²) in [6.45, 7) is 8.39. The molecule has 0 amide bonds. The van der Waals surface area contributed by atoms with Gasteiger partial charge in [-0.1, -0.05) is 32.4 Å². The summed E-state index contributed by atoms with van der Waals surface area (Å²) in [6.07, 6.45) is 9.49. The monoisotopic (exact) mass is 358 g/mol. The number of ketones is 2. The summed E-state index contributed by atoms with van der Waals surface area (Å²) >= 11 is 0. The predicted octanol–water partition coefficient (Wildman–Crippen LogP) is 5.23. The van der Waals surface area contributed by atoms with E-state index in [9.17, 15) is 9.59 Å². The number of carbonyl (C=O) groups excluding carboxylic acids is 2. The maximum Gasteiger partial charge on any atom is 0.178 e. The standard InChI is InChI=1S/C23H31FO2/c1-5-19(26)20-14(2)12-18-17-7-6-15-13-16(25)8-9-22(15,4)23(17,24)11-10-21(18,20)3/h8-9,13-14,17-18,20H,5-7,10-12H2,1-4H3/t14-,17+,18+,20?,21+,22+,23-/m1/s1. The second-order valence-corrected chi connectivity index (χ2v) is 9.74.